The minimum absolute atomic E-state index is 0.000205. The zero-order valence-electron chi connectivity index (χ0n) is 16.8. The second kappa shape index (κ2) is 10.7. The molecule has 2 aliphatic rings. The Morgan fingerprint density at radius 3 is 2.32 bits per heavy atom. The molecule has 4 atom stereocenters. The molecule has 8 nitrogen and oxygen atoms in total. The number of rotatable bonds is 8. The summed E-state index contributed by atoms with van der Waals surface area (Å²) in [5.74, 6) is -1.95. The van der Waals surface area contributed by atoms with Gasteiger partial charge in [-0.3, -0.25) is 4.79 Å². The summed E-state index contributed by atoms with van der Waals surface area (Å²) in [5.41, 5.74) is 0.496. The van der Waals surface area contributed by atoms with Crippen LogP contribution in [-0.2, 0) is 23.8 Å². The fraction of sp³-hybridized carbons (Fsp3) is 0.550. The molecule has 2 aliphatic heterocycles. The quantitative estimate of drug-likeness (QED) is 0.382. The smallest absolute Gasteiger partial charge is 0.457 e. The maximum absolute atomic E-state index is 12.6. The van der Waals surface area contributed by atoms with Crippen LogP contribution in [0.4, 0.5) is 4.79 Å². The van der Waals surface area contributed by atoms with Gasteiger partial charge in [0.15, 0.2) is 0 Å². The Morgan fingerprint density at radius 1 is 1.21 bits per heavy atom. The molecule has 1 fully saturated rings. The van der Waals surface area contributed by atoms with Crippen molar-refractivity contribution in [1.29, 1.82) is 0 Å². The van der Waals surface area contributed by atoms with Crippen LogP contribution in [0.25, 0.3) is 0 Å². The summed E-state index contributed by atoms with van der Waals surface area (Å²) in [5, 5.41) is 9.66. The van der Waals surface area contributed by atoms with Crippen LogP contribution in [0.2, 0.25) is 0 Å². The molecule has 0 spiro atoms. The maximum atomic E-state index is 12.6. The Kier molecular flexibility index (Phi) is 8.91. The second-order valence-corrected chi connectivity index (χ2v) is 6.11. The van der Waals surface area contributed by atoms with Crippen molar-refractivity contribution in [2.45, 2.75) is 39.8 Å². The van der Waals surface area contributed by atoms with Crippen molar-refractivity contribution >= 4 is 18.0 Å². The maximum Gasteiger partial charge on any atom is 0.508 e. The van der Waals surface area contributed by atoms with Gasteiger partial charge in [0.25, 0.3) is 0 Å². The standard InChI is InChI=1S/C18H23NO7.C2H6/c1-5-7-24-17(22)15-12(9-20)10(3)14-13(16(21)19(14)15)11(4)26-18(23)25-8-6-2;1-2/h5-6,10-11,13-14,20H,1-2,7-9H2,3-4H3;1-2H3. The van der Waals surface area contributed by atoms with Crippen LogP contribution in [0.1, 0.15) is 27.7 Å². The summed E-state index contributed by atoms with van der Waals surface area (Å²) in [6.07, 6.45) is 1.18. The number of ether oxygens (including phenoxy) is 3. The number of hydrogen-bond donors (Lipinski definition) is 1. The number of fused-ring (bicyclic) bond motifs is 1. The summed E-state index contributed by atoms with van der Waals surface area (Å²) in [4.78, 5) is 37.8. The fourth-order valence-corrected chi connectivity index (χ4v) is 3.42. The minimum atomic E-state index is -0.893. The van der Waals surface area contributed by atoms with E-state index >= 15 is 0 Å². The first kappa shape index (κ1) is 23.4. The van der Waals surface area contributed by atoms with Crippen molar-refractivity contribution in [2.24, 2.45) is 11.8 Å². The molecule has 1 N–H and O–H groups in total. The topological polar surface area (TPSA) is 102 Å². The van der Waals surface area contributed by atoms with E-state index in [0.717, 1.165) is 0 Å². The highest BCUT2D eigenvalue weighted by molar-refractivity contribution is 6.00. The Labute approximate surface area is 165 Å². The lowest BCUT2D eigenvalue weighted by Gasteiger charge is -2.47. The van der Waals surface area contributed by atoms with Gasteiger partial charge in [0.2, 0.25) is 5.91 Å². The van der Waals surface area contributed by atoms with E-state index in [1.54, 1.807) is 13.8 Å². The normalized spacial score (nSPS) is 23.5. The van der Waals surface area contributed by atoms with Crippen molar-refractivity contribution in [3.05, 3.63) is 36.6 Å². The molecule has 28 heavy (non-hydrogen) atoms. The number of esters is 1. The average molecular weight is 395 g/mol. The summed E-state index contributed by atoms with van der Waals surface area (Å²) in [6.45, 7) is 13.9. The number of carbonyl (C=O) groups is 3. The number of aliphatic hydroxyl groups is 1. The summed E-state index contributed by atoms with van der Waals surface area (Å²) in [6, 6.07) is -0.391. The first-order valence-electron chi connectivity index (χ1n) is 9.28. The third-order valence-corrected chi connectivity index (χ3v) is 4.60. The van der Waals surface area contributed by atoms with E-state index in [1.165, 1.54) is 17.1 Å². The molecule has 0 bridgehead atoms. The Bertz CT molecular complexity index is 655. The molecule has 0 radical (unpaired) electrons. The zero-order valence-corrected chi connectivity index (χ0v) is 16.8. The van der Waals surface area contributed by atoms with Gasteiger partial charge in [0.1, 0.15) is 25.0 Å². The number of hydrogen-bond acceptors (Lipinski definition) is 7. The molecular formula is C20H29NO7. The predicted molar refractivity (Wildman–Crippen MR) is 102 cm³/mol. The van der Waals surface area contributed by atoms with Gasteiger partial charge in [-0.05, 0) is 12.5 Å². The molecule has 1 amide bonds. The molecule has 0 saturated carbocycles. The zero-order chi connectivity index (χ0) is 21.4. The monoisotopic (exact) mass is 395 g/mol. The van der Waals surface area contributed by atoms with Crippen LogP contribution >= 0.6 is 0 Å². The average Bonchev–Trinajstić information content (AvgIpc) is 2.94. The van der Waals surface area contributed by atoms with Crippen molar-refractivity contribution in [1.82, 2.24) is 4.90 Å². The van der Waals surface area contributed by atoms with E-state index in [9.17, 15) is 19.5 Å². The molecule has 0 aromatic carbocycles. The largest absolute Gasteiger partial charge is 0.508 e. The Hall–Kier alpha value is -2.61. The van der Waals surface area contributed by atoms with E-state index in [-0.39, 0.29) is 37.3 Å². The molecule has 0 aliphatic carbocycles. The molecule has 2 rings (SSSR count). The number of carbonyl (C=O) groups excluding carboxylic acids is 3. The summed E-state index contributed by atoms with van der Waals surface area (Å²) in [7, 11) is 0. The first-order valence-corrected chi connectivity index (χ1v) is 9.28. The van der Waals surface area contributed by atoms with Gasteiger partial charge < -0.3 is 24.2 Å². The fourth-order valence-electron chi connectivity index (χ4n) is 3.42. The van der Waals surface area contributed by atoms with E-state index in [2.05, 4.69) is 13.2 Å². The summed E-state index contributed by atoms with van der Waals surface area (Å²) >= 11 is 0. The highest BCUT2D eigenvalue weighted by Gasteiger charge is 2.60. The molecule has 4 unspecified atom stereocenters. The van der Waals surface area contributed by atoms with Gasteiger partial charge in [0, 0.05) is 5.92 Å². The third kappa shape index (κ3) is 4.44. The van der Waals surface area contributed by atoms with Crippen LogP contribution in [0.3, 0.4) is 0 Å². The first-order chi connectivity index (χ1) is 13.4. The van der Waals surface area contributed by atoms with Crippen molar-refractivity contribution in [3.8, 4) is 0 Å². The van der Waals surface area contributed by atoms with Crippen molar-refractivity contribution < 1.29 is 33.7 Å². The van der Waals surface area contributed by atoms with Crippen molar-refractivity contribution in [3.63, 3.8) is 0 Å². The van der Waals surface area contributed by atoms with Crippen LogP contribution in [-0.4, -0.2) is 60.0 Å². The third-order valence-electron chi connectivity index (χ3n) is 4.60. The number of amides is 1. The molecule has 8 heteroatoms. The van der Waals surface area contributed by atoms with Crippen LogP contribution in [0.5, 0.6) is 0 Å². The Balaban J connectivity index is 0.00000190. The molecule has 1 saturated heterocycles. The van der Waals surface area contributed by atoms with E-state index in [4.69, 9.17) is 14.2 Å². The van der Waals surface area contributed by atoms with Gasteiger partial charge >= 0.3 is 12.1 Å². The lowest BCUT2D eigenvalue weighted by atomic mass is 9.78. The van der Waals surface area contributed by atoms with Crippen molar-refractivity contribution in [2.75, 3.05) is 19.8 Å². The van der Waals surface area contributed by atoms with Crippen LogP contribution in [0, 0.1) is 11.8 Å². The SMILES string of the molecule is C=CCOC(=O)OC(C)C1C(=O)N2C(C(=O)OCC=C)=C(CO)C(C)C12.CC. The van der Waals surface area contributed by atoms with Gasteiger partial charge in [-0.25, -0.2) is 9.59 Å². The number of aliphatic hydroxyl groups excluding tert-OH is 1. The molecule has 0 aromatic heterocycles. The van der Waals surface area contributed by atoms with Gasteiger partial charge in [-0.1, -0.05) is 46.1 Å². The number of nitrogens with zero attached hydrogens (tertiary/aromatic N) is 1. The molecule has 0 aromatic rings. The van der Waals surface area contributed by atoms with Gasteiger partial charge in [0.05, 0.1) is 18.6 Å². The Morgan fingerprint density at radius 2 is 1.79 bits per heavy atom. The van der Waals surface area contributed by atoms with E-state index in [0.29, 0.717) is 5.57 Å². The van der Waals surface area contributed by atoms with Gasteiger partial charge in [-0.15, -0.1) is 0 Å². The molecular weight excluding hydrogens is 366 g/mol. The van der Waals surface area contributed by atoms with E-state index < -0.39 is 30.2 Å². The highest BCUT2D eigenvalue weighted by atomic mass is 16.7. The highest BCUT2D eigenvalue weighted by Crippen LogP contribution is 2.47. The second-order valence-electron chi connectivity index (χ2n) is 6.11. The molecule has 2 heterocycles. The summed E-state index contributed by atoms with van der Waals surface area (Å²) < 4.78 is 14.9. The number of β-lactam (4-membered cyclic amide) rings is 1. The molecule has 156 valence electrons. The van der Waals surface area contributed by atoms with Crippen LogP contribution in [0.15, 0.2) is 36.6 Å². The lowest BCUT2D eigenvalue weighted by molar-refractivity contribution is -0.164. The minimum Gasteiger partial charge on any atom is -0.457 e. The van der Waals surface area contributed by atoms with Gasteiger partial charge in [-0.2, -0.15) is 0 Å². The predicted octanol–water partition coefficient (Wildman–Crippen LogP) is 2.19. The lowest BCUT2D eigenvalue weighted by Crippen LogP contribution is -2.64. The van der Waals surface area contributed by atoms with E-state index in [1.807, 2.05) is 13.8 Å². The van der Waals surface area contributed by atoms with Crippen LogP contribution < -0.4 is 0 Å².